The van der Waals surface area contributed by atoms with Crippen LogP contribution in [0.2, 0.25) is 0 Å². The standard InChI is InChI=1S/C20H27N3O3.ClH/c24-19-14-26-13-18(23(19)12-15-4-2-1-3-5-15)20(25)22-8-6-16-10-21-11-17(16)7-9-22;/h1-5,16-18,21H,6-14H2;1H/t16-,17+,18-;/m1./s1. The molecule has 3 saturated heterocycles. The summed E-state index contributed by atoms with van der Waals surface area (Å²) in [7, 11) is 0. The van der Waals surface area contributed by atoms with E-state index in [9.17, 15) is 9.59 Å². The third-order valence-electron chi connectivity index (χ3n) is 6.01. The molecule has 3 atom stereocenters. The van der Waals surface area contributed by atoms with E-state index in [1.165, 1.54) is 0 Å². The number of fused-ring (bicyclic) bond motifs is 1. The molecule has 148 valence electrons. The Morgan fingerprint density at radius 3 is 2.44 bits per heavy atom. The number of nitrogens with one attached hydrogen (secondary N) is 1. The van der Waals surface area contributed by atoms with Crippen molar-refractivity contribution >= 4 is 24.2 Å². The zero-order valence-corrected chi connectivity index (χ0v) is 16.3. The van der Waals surface area contributed by atoms with Gasteiger partial charge in [0.1, 0.15) is 12.6 Å². The quantitative estimate of drug-likeness (QED) is 0.840. The Bertz CT molecular complexity index is 643. The predicted molar refractivity (Wildman–Crippen MR) is 105 cm³/mol. The van der Waals surface area contributed by atoms with Gasteiger partial charge >= 0.3 is 0 Å². The zero-order valence-electron chi connectivity index (χ0n) is 15.5. The highest BCUT2D eigenvalue weighted by Gasteiger charge is 2.38. The van der Waals surface area contributed by atoms with Gasteiger partial charge in [-0.1, -0.05) is 30.3 Å². The minimum Gasteiger partial charge on any atom is -0.369 e. The number of nitrogens with zero attached hydrogens (tertiary/aromatic N) is 2. The third-order valence-corrected chi connectivity index (χ3v) is 6.01. The number of hydrogen-bond acceptors (Lipinski definition) is 4. The second-order valence-corrected chi connectivity index (χ2v) is 7.62. The Kier molecular flexibility index (Phi) is 6.73. The van der Waals surface area contributed by atoms with Gasteiger partial charge in [0.2, 0.25) is 11.8 Å². The normalized spacial score (nSPS) is 28.3. The predicted octanol–water partition coefficient (Wildman–Crippen LogP) is 1.29. The highest BCUT2D eigenvalue weighted by atomic mass is 35.5. The topological polar surface area (TPSA) is 61.9 Å². The first-order chi connectivity index (χ1) is 12.7. The summed E-state index contributed by atoms with van der Waals surface area (Å²) < 4.78 is 5.43. The van der Waals surface area contributed by atoms with Crippen LogP contribution in [-0.2, 0) is 20.9 Å². The van der Waals surface area contributed by atoms with Gasteiger partial charge in [-0.2, -0.15) is 0 Å². The summed E-state index contributed by atoms with van der Waals surface area (Å²) >= 11 is 0. The van der Waals surface area contributed by atoms with Crippen molar-refractivity contribution in [3.63, 3.8) is 0 Å². The molecule has 3 aliphatic heterocycles. The Morgan fingerprint density at radius 2 is 1.78 bits per heavy atom. The van der Waals surface area contributed by atoms with Crippen LogP contribution in [0.15, 0.2) is 30.3 Å². The molecule has 2 amide bonds. The number of rotatable bonds is 3. The molecule has 6 nitrogen and oxygen atoms in total. The molecular formula is C20H28ClN3O3. The van der Waals surface area contributed by atoms with Crippen molar-refractivity contribution in [2.45, 2.75) is 25.4 Å². The monoisotopic (exact) mass is 393 g/mol. The Hall–Kier alpha value is -1.63. The maximum absolute atomic E-state index is 13.2. The number of likely N-dealkylation sites (tertiary alicyclic amines) is 1. The van der Waals surface area contributed by atoms with Gasteiger partial charge in [-0.15, -0.1) is 12.4 Å². The van der Waals surface area contributed by atoms with Crippen LogP contribution >= 0.6 is 12.4 Å². The number of benzene rings is 1. The van der Waals surface area contributed by atoms with Gasteiger partial charge in [-0.05, 0) is 43.3 Å². The number of morpholine rings is 1. The summed E-state index contributed by atoms with van der Waals surface area (Å²) in [6, 6.07) is 9.34. The average Bonchev–Trinajstić information content (AvgIpc) is 3.02. The van der Waals surface area contributed by atoms with Gasteiger partial charge in [0.25, 0.3) is 0 Å². The van der Waals surface area contributed by atoms with E-state index in [0.717, 1.165) is 44.6 Å². The van der Waals surface area contributed by atoms with Crippen molar-refractivity contribution in [1.82, 2.24) is 15.1 Å². The summed E-state index contributed by atoms with van der Waals surface area (Å²) in [4.78, 5) is 29.3. The molecule has 3 heterocycles. The Labute approximate surface area is 166 Å². The molecule has 27 heavy (non-hydrogen) atoms. The Morgan fingerprint density at radius 1 is 1.11 bits per heavy atom. The van der Waals surface area contributed by atoms with Crippen LogP contribution in [0.1, 0.15) is 18.4 Å². The summed E-state index contributed by atoms with van der Waals surface area (Å²) in [5, 5.41) is 3.46. The number of carbonyl (C=O) groups is 2. The van der Waals surface area contributed by atoms with Gasteiger partial charge in [-0.25, -0.2) is 0 Å². The fourth-order valence-electron chi connectivity index (χ4n) is 4.44. The minimum absolute atomic E-state index is 0. The van der Waals surface area contributed by atoms with E-state index >= 15 is 0 Å². The minimum atomic E-state index is -0.507. The summed E-state index contributed by atoms with van der Waals surface area (Å²) in [6.45, 7) is 4.52. The van der Waals surface area contributed by atoms with Gasteiger partial charge < -0.3 is 19.9 Å². The van der Waals surface area contributed by atoms with Crippen LogP contribution in [0.5, 0.6) is 0 Å². The summed E-state index contributed by atoms with van der Waals surface area (Å²) in [5.41, 5.74) is 1.04. The van der Waals surface area contributed by atoms with Gasteiger partial charge in [0.15, 0.2) is 0 Å². The maximum atomic E-state index is 13.2. The average molecular weight is 394 g/mol. The van der Waals surface area contributed by atoms with E-state index in [1.807, 2.05) is 35.2 Å². The molecule has 4 rings (SSSR count). The van der Waals surface area contributed by atoms with E-state index in [-0.39, 0.29) is 30.8 Å². The fourth-order valence-corrected chi connectivity index (χ4v) is 4.44. The lowest BCUT2D eigenvalue weighted by Gasteiger charge is -2.37. The molecule has 1 aromatic rings. The van der Waals surface area contributed by atoms with Crippen molar-refractivity contribution < 1.29 is 14.3 Å². The lowest BCUT2D eigenvalue weighted by Crippen LogP contribution is -2.57. The van der Waals surface area contributed by atoms with Crippen LogP contribution in [0.25, 0.3) is 0 Å². The largest absolute Gasteiger partial charge is 0.369 e. The molecule has 3 fully saturated rings. The molecule has 0 bridgehead atoms. The lowest BCUT2D eigenvalue weighted by atomic mass is 9.92. The van der Waals surface area contributed by atoms with E-state index in [2.05, 4.69) is 5.32 Å². The number of carbonyl (C=O) groups excluding carboxylic acids is 2. The van der Waals surface area contributed by atoms with Crippen molar-refractivity contribution in [3.05, 3.63) is 35.9 Å². The molecular weight excluding hydrogens is 366 g/mol. The van der Waals surface area contributed by atoms with Crippen LogP contribution < -0.4 is 5.32 Å². The summed E-state index contributed by atoms with van der Waals surface area (Å²) in [5.74, 6) is 1.30. The van der Waals surface area contributed by atoms with Gasteiger partial charge in [-0.3, -0.25) is 9.59 Å². The first-order valence-electron chi connectivity index (χ1n) is 9.63. The van der Waals surface area contributed by atoms with Crippen molar-refractivity contribution in [1.29, 1.82) is 0 Å². The van der Waals surface area contributed by atoms with Gasteiger partial charge in [0, 0.05) is 19.6 Å². The maximum Gasteiger partial charge on any atom is 0.249 e. The molecule has 3 aliphatic rings. The van der Waals surface area contributed by atoms with E-state index in [4.69, 9.17) is 4.74 Å². The zero-order chi connectivity index (χ0) is 17.9. The van der Waals surface area contributed by atoms with Crippen LogP contribution in [0.4, 0.5) is 0 Å². The summed E-state index contributed by atoms with van der Waals surface area (Å²) in [6.07, 6.45) is 2.09. The lowest BCUT2D eigenvalue weighted by molar-refractivity contribution is -0.160. The molecule has 7 heteroatoms. The molecule has 0 aliphatic carbocycles. The van der Waals surface area contributed by atoms with Crippen molar-refractivity contribution in [2.75, 3.05) is 39.4 Å². The van der Waals surface area contributed by atoms with Crippen molar-refractivity contribution in [2.24, 2.45) is 11.8 Å². The second kappa shape index (κ2) is 9.04. The third kappa shape index (κ3) is 4.45. The molecule has 1 aromatic carbocycles. The number of hydrogen-bond donors (Lipinski definition) is 1. The Balaban J connectivity index is 0.00000210. The van der Waals surface area contributed by atoms with Crippen LogP contribution in [0, 0.1) is 11.8 Å². The molecule has 1 N–H and O–H groups in total. The second-order valence-electron chi connectivity index (χ2n) is 7.62. The van der Waals surface area contributed by atoms with Gasteiger partial charge in [0.05, 0.1) is 6.61 Å². The molecule has 0 aromatic heterocycles. The first-order valence-corrected chi connectivity index (χ1v) is 9.63. The van der Waals surface area contributed by atoms with Crippen LogP contribution in [0.3, 0.4) is 0 Å². The highest BCUT2D eigenvalue weighted by Crippen LogP contribution is 2.28. The van der Waals surface area contributed by atoms with E-state index < -0.39 is 6.04 Å². The number of ether oxygens (including phenoxy) is 1. The van der Waals surface area contributed by atoms with E-state index in [1.54, 1.807) is 4.90 Å². The molecule has 0 unspecified atom stereocenters. The van der Waals surface area contributed by atoms with E-state index in [0.29, 0.717) is 25.0 Å². The number of amides is 2. The highest BCUT2D eigenvalue weighted by molar-refractivity contribution is 5.89. The van der Waals surface area contributed by atoms with Crippen LogP contribution in [-0.4, -0.2) is 67.0 Å². The number of halogens is 1. The molecule has 0 spiro atoms. The van der Waals surface area contributed by atoms with Crippen molar-refractivity contribution in [3.8, 4) is 0 Å². The fraction of sp³-hybridized carbons (Fsp3) is 0.600. The first kappa shape index (κ1) is 20.1. The smallest absolute Gasteiger partial charge is 0.249 e. The SMILES string of the molecule is Cl.O=C([C@H]1COCC(=O)N1Cc1ccccc1)N1CC[C@@H]2CNC[C@@H]2CC1. The molecule has 0 radical (unpaired) electrons. The molecule has 0 saturated carbocycles.